The molecule has 0 aromatic heterocycles. The van der Waals surface area contributed by atoms with Gasteiger partial charge in [0.15, 0.2) is 5.78 Å². The highest BCUT2D eigenvalue weighted by Crippen LogP contribution is 2.27. The van der Waals surface area contributed by atoms with Gasteiger partial charge >= 0.3 is 0 Å². The summed E-state index contributed by atoms with van der Waals surface area (Å²) in [5.74, 6) is 0.779. The Morgan fingerprint density at radius 2 is 1.83 bits per heavy atom. The Balaban J connectivity index is 1.43. The first kappa shape index (κ1) is 21.6. The number of halogens is 1. The van der Waals surface area contributed by atoms with E-state index in [2.05, 4.69) is 22.8 Å². The Morgan fingerprint density at radius 3 is 2.48 bits per heavy atom. The third-order valence-corrected chi connectivity index (χ3v) is 5.77. The van der Waals surface area contributed by atoms with Crippen molar-refractivity contribution >= 4 is 23.1 Å². The molecule has 0 unspecified atom stereocenters. The summed E-state index contributed by atoms with van der Waals surface area (Å²) in [7, 11) is 0. The van der Waals surface area contributed by atoms with Gasteiger partial charge in [-0.2, -0.15) is 0 Å². The van der Waals surface area contributed by atoms with E-state index in [0.29, 0.717) is 24.3 Å². The number of β-amino-alcohol motifs (C(OH)–C–C–N with tert-alkyl or cyclic N) is 1. The number of hydrogen-bond donors (Lipinski definition) is 1. The molecule has 2 aromatic carbocycles. The van der Waals surface area contributed by atoms with Crippen LogP contribution in [0.15, 0.2) is 42.5 Å². The van der Waals surface area contributed by atoms with E-state index in [1.54, 1.807) is 24.3 Å². The minimum absolute atomic E-state index is 0.115. The van der Waals surface area contributed by atoms with Crippen LogP contribution in [0.1, 0.15) is 29.3 Å². The molecule has 3 rings (SSSR count). The van der Waals surface area contributed by atoms with Crippen molar-refractivity contribution < 1.29 is 14.6 Å². The number of aliphatic hydroxyl groups excluding tert-OH is 1. The van der Waals surface area contributed by atoms with Crippen LogP contribution in [-0.2, 0) is 0 Å². The van der Waals surface area contributed by atoms with Crippen molar-refractivity contribution in [3.05, 3.63) is 58.6 Å². The number of carbonyl (C=O) groups is 1. The average molecular weight is 417 g/mol. The predicted molar refractivity (Wildman–Crippen MR) is 117 cm³/mol. The maximum atomic E-state index is 11.7. The summed E-state index contributed by atoms with van der Waals surface area (Å²) in [6, 6.07) is 13.1. The Hall–Kier alpha value is -2.08. The number of ether oxygens (including phenoxy) is 1. The molecular weight excluding hydrogens is 388 g/mol. The molecule has 1 N–H and O–H groups in total. The molecule has 0 radical (unpaired) electrons. The number of rotatable bonds is 8. The topological polar surface area (TPSA) is 53.0 Å². The first-order valence-electron chi connectivity index (χ1n) is 10.1. The quantitative estimate of drug-likeness (QED) is 0.663. The number of Topliss-reactive ketones (excluding diaryl/α,β-unsaturated/α-hetero) is 1. The zero-order valence-corrected chi connectivity index (χ0v) is 17.9. The lowest BCUT2D eigenvalue weighted by Gasteiger charge is -2.37. The standard InChI is InChI=1S/C23H29ClN2O3/c1-3-23(28)18-7-9-20(10-8-18)29-16-19(27)15-25-11-13-26(14-12-25)22-6-4-5-21(24)17(22)2/h4-10,19,27H,3,11-16H2,1-2H3/t19-/m1/s1. The fourth-order valence-corrected chi connectivity index (χ4v) is 3.76. The van der Waals surface area contributed by atoms with Crippen LogP contribution in [0.5, 0.6) is 5.75 Å². The smallest absolute Gasteiger partial charge is 0.162 e. The lowest BCUT2D eigenvalue weighted by molar-refractivity contribution is 0.0663. The predicted octanol–water partition coefficient (Wildman–Crippen LogP) is 3.80. The van der Waals surface area contributed by atoms with Gasteiger partial charge in [-0.05, 0) is 48.9 Å². The zero-order chi connectivity index (χ0) is 20.8. The molecule has 0 spiro atoms. The zero-order valence-electron chi connectivity index (χ0n) is 17.1. The molecule has 0 aliphatic carbocycles. The normalized spacial score (nSPS) is 15.9. The van der Waals surface area contributed by atoms with Crippen molar-refractivity contribution in [2.24, 2.45) is 0 Å². The van der Waals surface area contributed by atoms with Crippen molar-refractivity contribution in [2.75, 3.05) is 44.2 Å². The number of carbonyl (C=O) groups excluding carboxylic acids is 1. The largest absolute Gasteiger partial charge is 0.491 e. The second kappa shape index (κ2) is 10.1. The van der Waals surface area contributed by atoms with Crippen molar-refractivity contribution in [1.29, 1.82) is 0 Å². The number of benzene rings is 2. The van der Waals surface area contributed by atoms with Gasteiger partial charge in [0.2, 0.25) is 0 Å². The highest BCUT2D eigenvalue weighted by atomic mass is 35.5. The third kappa shape index (κ3) is 5.72. The second-order valence-corrected chi connectivity index (χ2v) is 7.84. The number of ketones is 1. The van der Waals surface area contributed by atoms with Crippen LogP contribution in [0, 0.1) is 6.92 Å². The summed E-state index contributed by atoms with van der Waals surface area (Å²) in [6.07, 6.45) is -0.0744. The van der Waals surface area contributed by atoms with E-state index in [4.69, 9.17) is 16.3 Å². The molecule has 1 atom stereocenters. The summed E-state index contributed by atoms with van der Waals surface area (Å²) in [6.45, 7) is 8.29. The lowest BCUT2D eigenvalue weighted by atomic mass is 10.1. The van der Waals surface area contributed by atoms with E-state index in [-0.39, 0.29) is 12.4 Å². The van der Waals surface area contributed by atoms with Crippen LogP contribution in [0.3, 0.4) is 0 Å². The van der Waals surface area contributed by atoms with Gasteiger partial charge in [0.1, 0.15) is 18.5 Å². The Bertz CT molecular complexity index is 817. The summed E-state index contributed by atoms with van der Waals surface area (Å²) >= 11 is 6.25. The fraction of sp³-hybridized carbons (Fsp3) is 0.435. The Labute approximate surface area is 177 Å². The van der Waals surface area contributed by atoms with Gasteiger partial charge in [0.05, 0.1) is 0 Å². The van der Waals surface area contributed by atoms with Gasteiger partial charge in [-0.1, -0.05) is 24.6 Å². The van der Waals surface area contributed by atoms with Crippen LogP contribution >= 0.6 is 11.6 Å². The number of piperazine rings is 1. The van der Waals surface area contributed by atoms with Crippen LogP contribution < -0.4 is 9.64 Å². The van der Waals surface area contributed by atoms with E-state index in [1.807, 2.05) is 19.1 Å². The summed E-state index contributed by atoms with van der Waals surface area (Å²) in [4.78, 5) is 16.3. The molecule has 0 amide bonds. The average Bonchev–Trinajstić information content (AvgIpc) is 2.75. The van der Waals surface area contributed by atoms with Gasteiger partial charge in [-0.25, -0.2) is 0 Å². The fourth-order valence-electron chi connectivity index (χ4n) is 3.59. The van der Waals surface area contributed by atoms with Crippen molar-refractivity contribution in [2.45, 2.75) is 26.4 Å². The van der Waals surface area contributed by atoms with E-state index in [1.165, 1.54) is 5.69 Å². The molecule has 29 heavy (non-hydrogen) atoms. The first-order valence-corrected chi connectivity index (χ1v) is 10.5. The van der Waals surface area contributed by atoms with Gasteiger partial charge in [-0.3, -0.25) is 9.69 Å². The van der Waals surface area contributed by atoms with Gasteiger partial charge in [0.25, 0.3) is 0 Å². The molecule has 0 bridgehead atoms. The Morgan fingerprint density at radius 1 is 1.14 bits per heavy atom. The molecule has 1 heterocycles. The molecule has 1 fully saturated rings. The maximum Gasteiger partial charge on any atom is 0.162 e. The van der Waals surface area contributed by atoms with Crippen molar-refractivity contribution in [3.63, 3.8) is 0 Å². The van der Waals surface area contributed by atoms with Crippen LogP contribution in [-0.4, -0.2) is 61.2 Å². The SMILES string of the molecule is CCC(=O)c1ccc(OC[C@H](O)CN2CCN(c3cccc(Cl)c3C)CC2)cc1. The summed E-state index contributed by atoms with van der Waals surface area (Å²) < 4.78 is 5.68. The number of hydrogen-bond acceptors (Lipinski definition) is 5. The lowest BCUT2D eigenvalue weighted by Crippen LogP contribution is -2.49. The molecule has 156 valence electrons. The number of aliphatic hydroxyl groups is 1. The van der Waals surface area contributed by atoms with E-state index in [0.717, 1.165) is 36.8 Å². The minimum Gasteiger partial charge on any atom is -0.491 e. The van der Waals surface area contributed by atoms with Gasteiger partial charge in [0, 0.05) is 55.4 Å². The second-order valence-electron chi connectivity index (χ2n) is 7.44. The van der Waals surface area contributed by atoms with E-state index >= 15 is 0 Å². The van der Waals surface area contributed by atoms with Gasteiger partial charge in [-0.15, -0.1) is 0 Å². The monoisotopic (exact) mass is 416 g/mol. The van der Waals surface area contributed by atoms with Crippen LogP contribution in [0.25, 0.3) is 0 Å². The minimum atomic E-state index is -0.564. The van der Waals surface area contributed by atoms with Crippen molar-refractivity contribution in [1.82, 2.24) is 4.90 Å². The number of anilines is 1. The molecule has 0 saturated carbocycles. The Kier molecular flexibility index (Phi) is 7.53. The van der Waals surface area contributed by atoms with Crippen LogP contribution in [0.2, 0.25) is 5.02 Å². The molecule has 6 heteroatoms. The highest BCUT2D eigenvalue weighted by Gasteiger charge is 2.21. The highest BCUT2D eigenvalue weighted by molar-refractivity contribution is 6.31. The third-order valence-electron chi connectivity index (χ3n) is 5.36. The summed E-state index contributed by atoms with van der Waals surface area (Å²) in [5, 5.41) is 11.2. The molecule has 1 aliphatic rings. The number of nitrogens with zero attached hydrogens (tertiary/aromatic N) is 2. The van der Waals surface area contributed by atoms with Crippen molar-refractivity contribution in [3.8, 4) is 5.75 Å². The van der Waals surface area contributed by atoms with Gasteiger partial charge < -0.3 is 14.7 Å². The summed E-state index contributed by atoms with van der Waals surface area (Å²) in [5.41, 5.74) is 2.99. The van der Waals surface area contributed by atoms with E-state index in [9.17, 15) is 9.90 Å². The van der Waals surface area contributed by atoms with Crippen LogP contribution in [0.4, 0.5) is 5.69 Å². The maximum absolute atomic E-state index is 11.7. The molecule has 1 aliphatic heterocycles. The first-order chi connectivity index (χ1) is 14.0. The molecular formula is C23H29ClN2O3. The molecule has 5 nitrogen and oxygen atoms in total. The van der Waals surface area contributed by atoms with E-state index < -0.39 is 6.10 Å². The molecule has 2 aromatic rings. The molecule has 1 saturated heterocycles.